The predicted octanol–water partition coefficient (Wildman–Crippen LogP) is 2.15. The Morgan fingerprint density at radius 1 is 1.35 bits per heavy atom. The third kappa shape index (κ3) is 3.53. The van der Waals surface area contributed by atoms with E-state index in [1.807, 2.05) is 30.3 Å². The van der Waals surface area contributed by atoms with Crippen LogP contribution in [0.3, 0.4) is 0 Å². The number of nitrogens with zero attached hydrogens (tertiary/aromatic N) is 3. The first-order chi connectivity index (χ1) is 10.8. The molecule has 1 heterocycles. The minimum atomic E-state index is -1.08. The quantitative estimate of drug-likeness (QED) is 0.908. The van der Waals surface area contributed by atoms with Gasteiger partial charge in [-0.15, -0.1) is 0 Å². The van der Waals surface area contributed by atoms with E-state index >= 15 is 0 Å². The second kappa shape index (κ2) is 6.83. The van der Waals surface area contributed by atoms with Crippen LogP contribution in [0.25, 0.3) is 0 Å². The molecule has 6 nitrogen and oxygen atoms in total. The number of carboxylic acids is 1. The zero-order valence-corrected chi connectivity index (χ0v) is 13.9. The topological polar surface area (TPSA) is 75.4 Å². The molecule has 0 aliphatic carbocycles. The molecule has 1 atom stereocenters. The van der Waals surface area contributed by atoms with Crippen LogP contribution in [-0.4, -0.2) is 44.8 Å². The largest absolute Gasteiger partial charge is 0.480 e. The van der Waals surface area contributed by atoms with Gasteiger partial charge in [-0.05, 0) is 12.5 Å². The first-order valence-electron chi connectivity index (χ1n) is 7.06. The molecule has 0 saturated heterocycles. The highest BCUT2D eigenvalue weighted by Crippen LogP contribution is 2.21. The Hall–Kier alpha value is -2.34. The fraction of sp³-hybridized carbons (Fsp3) is 0.312. The number of benzene rings is 1. The molecule has 0 aliphatic rings. The number of aromatic nitrogens is 2. The summed E-state index contributed by atoms with van der Waals surface area (Å²) in [5.41, 5.74) is 1.55. The van der Waals surface area contributed by atoms with Crippen molar-refractivity contribution in [3.05, 3.63) is 52.3 Å². The highest BCUT2D eigenvalue weighted by Gasteiger charge is 2.30. The maximum Gasteiger partial charge on any atom is 0.326 e. The van der Waals surface area contributed by atoms with Crippen molar-refractivity contribution < 1.29 is 14.7 Å². The van der Waals surface area contributed by atoms with Crippen molar-refractivity contribution in [3.8, 4) is 0 Å². The van der Waals surface area contributed by atoms with Gasteiger partial charge in [0.05, 0.1) is 10.7 Å². The first-order valence-corrected chi connectivity index (χ1v) is 7.43. The van der Waals surface area contributed by atoms with Crippen molar-refractivity contribution in [2.75, 3.05) is 7.05 Å². The lowest BCUT2D eigenvalue weighted by atomic mass is 10.0. The van der Waals surface area contributed by atoms with Gasteiger partial charge in [-0.3, -0.25) is 9.48 Å². The highest BCUT2D eigenvalue weighted by atomic mass is 35.5. The predicted molar refractivity (Wildman–Crippen MR) is 86.6 cm³/mol. The molecule has 0 aliphatic heterocycles. The monoisotopic (exact) mass is 335 g/mol. The lowest BCUT2D eigenvalue weighted by Gasteiger charge is -2.24. The molecular weight excluding hydrogens is 318 g/mol. The number of amides is 1. The number of carboxylic acid groups (broad SMARTS) is 1. The zero-order valence-electron chi connectivity index (χ0n) is 13.2. The number of aryl methyl sites for hydroxylation is 1. The SMILES string of the molecule is Cc1c(Cl)c(C(=O)N(C)C(Cc2ccccc2)C(=O)O)nn1C. The van der Waals surface area contributed by atoms with Crippen molar-refractivity contribution in [1.29, 1.82) is 0 Å². The van der Waals surface area contributed by atoms with Crippen LogP contribution in [0.15, 0.2) is 30.3 Å². The van der Waals surface area contributed by atoms with Crippen molar-refractivity contribution in [3.63, 3.8) is 0 Å². The van der Waals surface area contributed by atoms with Crippen molar-refractivity contribution in [2.45, 2.75) is 19.4 Å². The van der Waals surface area contributed by atoms with E-state index in [2.05, 4.69) is 5.10 Å². The number of rotatable bonds is 5. The minimum Gasteiger partial charge on any atom is -0.480 e. The van der Waals surface area contributed by atoms with E-state index in [0.29, 0.717) is 5.69 Å². The molecule has 122 valence electrons. The summed E-state index contributed by atoms with van der Waals surface area (Å²) >= 11 is 6.12. The molecule has 1 unspecified atom stereocenters. The molecule has 2 rings (SSSR count). The fourth-order valence-electron chi connectivity index (χ4n) is 2.25. The van der Waals surface area contributed by atoms with Crippen LogP contribution in [0.1, 0.15) is 21.7 Å². The van der Waals surface area contributed by atoms with Gasteiger partial charge in [-0.2, -0.15) is 5.10 Å². The van der Waals surface area contributed by atoms with E-state index in [-0.39, 0.29) is 17.1 Å². The van der Waals surface area contributed by atoms with Gasteiger partial charge >= 0.3 is 5.97 Å². The highest BCUT2D eigenvalue weighted by molar-refractivity contribution is 6.34. The summed E-state index contributed by atoms with van der Waals surface area (Å²) < 4.78 is 1.50. The van der Waals surface area contributed by atoms with Gasteiger partial charge in [-0.1, -0.05) is 41.9 Å². The summed E-state index contributed by atoms with van der Waals surface area (Å²) in [6, 6.07) is 8.16. The van der Waals surface area contributed by atoms with Gasteiger partial charge < -0.3 is 10.0 Å². The van der Waals surface area contributed by atoms with Crippen LogP contribution in [0, 0.1) is 6.92 Å². The number of hydrogen-bond donors (Lipinski definition) is 1. The van der Waals surface area contributed by atoms with Crippen LogP contribution < -0.4 is 0 Å². The van der Waals surface area contributed by atoms with Gasteiger partial charge in [0.1, 0.15) is 6.04 Å². The Balaban J connectivity index is 2.27. The molecule has 2 aromatic rings. The van der Waals surface area contributed by atoms with E-state index in [0.717, 1.165) is 5.56 Å². The van der Waals surface area contributed by atoms with E-state index in [1.165, 1.54) is 16.6 Å². The van der Waals surface area contributed by atoms with Gasteiger partial charge in [0, 0.05) is 20.5 Å². The summed E-state index contributed by atoms with van der Waals surface area (Å²) in [5.74, 6) is -1.59. The third-order valence-corrected chi connectivity index (χ3v) is 4.26. The first kappa shape index (κ1) is 17.0. The van der Waals surface area contributed by atoms with E-state index < -0.39 is 17.9 Å². The smallest absolute Gasteiger partial charge is 0.326 e. The number of likely N-dealkylation sites (N-methyl/N-ethyl adjacent to an activating group) is 1. The van der Waals surface area contributed by atoms with E-state index in [1.54, 1.807) is 14.0 Å². The molecule has 1 amide bonds. The summed E-state index contributed by atoms with van der Waals surface area (Å²) in [7, 11) is 3.13. The number of carbonyl (C=O) groups is 2. The molecule has 0 radical (unpaired) electrons. The molecule has 1 aromatic carbocycles. The Kier molecular flexibility index (Phi) is 5.05. The van der Waals surface area contributed by atoms with Crippen LogP contribution in [0.4, 0.5) is 0 Å². The number of hydrogen-bond acceptors (Lipinski definition) is 3. The van der Waals surface area contributed by atoms with E-state index in [9.17, 15) is 14.7 Å². The van der Waals surface area contributed by atoms with Gasteiger partial charge in [0.15, 0.2) is 5.69 Å². The second-order valence-corrected chi connectivity index (χ2v) is 5.71. The van der Waals surface area contributed by atoms with Crippen molar-refractivity contribution in [1.82, 2.24) is 14.7 Å². The summed E-state index contributed by atoms with van der Waals surface area (Å²) in [6.45, 7) is 1.74. The average Bonchev–Trinajstić information content (AvgIpc) is 2.79. The van der Waals surface area contributed by atoms with Gasteiger partial charge in [0.25, 0.3) is 5.91 Å². The van der Waals surface area contributed by atoms with E-state index in [4.69, 9.17) is 11.6 Å². The average molecular weight is 336 g/mol. The van der Waals surface area contributed by atoms with Crippen molar-refractivity contribution >= 4 is 23.5 Å². The lowest BCUT2D eigenvalue weighted by Crippen LogP contribution is -2.44. The van der Waals surface area contributed by atoms with Crippen LogP contribution in [-0.2, 0) is 18.3 Å². The summed E-state index contributed by atoms with van der Waals surface area (Å²) in [4.78, 5) is 25.3. The molecule has 0 saturated carbocycles. The second-order valence-electron chi connectivity index (χ2n) is 5.33. The summed E-state index contributed by atoms with van der Waals surface area (Å²) in [6.07, 6.45) is 0.210. The summed E-state index contributed by atoms with van der Waals surface area (Å²) in [5, 5.41) is 13.8. The molecular formula is C16H18ClN3O3. The van der Waals surface area contributed by atoms with Crippen LogP contribution in [0.5, 0.6) is 0 Å². The van der Waals surface area contributed by atoms with Crippen molar-refractivity contribution in [2.24, 2.45) is 7.05 Å². The molecule has 1 N–H and O–H groups in total. The van der Waals surface area contributed by atoms with Crippen LogP contribution in [0.2, 0.25) is 5.02 Å². The molecule has 23 heavy (non-hydrogen) atoms. The Labute approximate surface area is 139 Å². The number of carbonyl (C=O) groups excluding carboxylic acids is 1. The fourth-order valence-corrected chi connectivity index (χ4v) is 2.50. The molecule has 0 fully saturated rings. The molecule has 1 aromatic heterocycles. The van der Waals surface area contributed by atoms with Crippen LogP contribution >= 0.6 is 11.6 Å². The number of halogens is 1. The Morgan fingerprint density at radius 3 is 2.43 bits per heavy atom. The minimum absolute atomic E-state index is 0.0634. The lowest BCUT2D eigenvalue weighted by molar-refractivity contribution is -0.141. The standard InChI is InChI=1S/C16H18ClN3O3/c1-10-13(17)14(18-20(10)3)15(21)19(2)12(16(22)23)9-11-7-5-4-6-8-11/h4-8,12H,9H2,1-3H3,(H,22,23). The Morgan fingerprint density at radius 2 is 1.96 bits per heavy atom. The third-order valence-electron chi connectivity index (χ3n) is 3.81. The Bertz CT molecular complexity index is 728. The zero-order chi connectivity index (χ0) is 17.1. The van der Waals surface area contributed by atoms with Gasteiger partial charge in [-0.25, -0.2) is 4.79 Å². The molecule has 7 heteroatoms. The number of aliphatic carboxylic acids is 1. The molecule has 0 bridgehead atoms. The maximum atomic E-state index is 12.6. The maximum absolute atomic E-state index is 12.6. The van der Waals surface area contributed by atoms with Gasteiger partial charge in [0.2, 0.25) is 0 Å². The molecule has 0 spiro atoms. The normalized spacial score (nSPS) is 12.0.